The summed E-state index contributed by atoms with van der Waals surface area (Å²) < 4.78 is 11.3. The van der Waals surface area contributed by atoms with E-state index in [1.807, 2.05) is 37.8 Å². The molecule has 0 radical (unpaired) electrons. The van der Waals surface area contributed by atoms with E-state index in [2.05, 4.69) is 15.0 Å². The molecule has 1 atom stereocenters. The molecule has 0 aromatic carbocycles. The van der Waals surface area contributed by atoms with Crippen LogP contribution in [0.4, 0.5) is 4.79 Å². The number of rotatable bonds is 5. The summed E-state index contributed by atoms with van der Waals surface area (Å²) >= 11 is 0. The molecule has 1 amide bonds. The van der Waals surface area contributed by atoms with Crippen molar-refractivity contribution in [3.63, 3.8) is 0 Å². The molecule has 0 spiro atoms. The van der Waals surface area contributed by atoms with Crippen molar-refractivity contribution in [3.8, 4) is 6.01 Å². The smallest absolute Gasteiger partial charge is 0.410 e. The number of aromatic nitrogens is 3. The first-order valence-electron chi connectivity index (χ1n) is 9.35. The van der Waals surface area contributed by atoms with Crippen molar-refractivity contribution < 1.29 is 14.3 Å². The molecule has 7 heteroatoms. The lowest BCUT2D eigenvalue weighted by Gasteiger charge is -2.36. The van der Waals surface area contributed by atoms with Crippen LogP contribution in [0, 0.1) is 0 Å². The van der Waals surface area contributed by atoms with E-state index < -0.39 is 5.60 Å². The average Bonchev–Trinajstić information content (AvgIpc) is 3.00. The number of nitrogens with zero attached hydrogens (tertiary/aromatic N) is 3. The molecule has 1 N–H and O–H groups in total. The maximum absolute atomic E-state index is 12.4. The molecule has 26 heavy (non-hydrogen) atoms. The number of carbonyl (C=O) groups excluding carboxylic acids is 1. The zero-order chi connectivity index (χ0) is 18.6. The summed E-state index contributed by atoms with van der Waals surface area (Å²) in [5.74, 6) is 0. The number of imidazole rings is 1. The fourth-order valence-corrected chi connectivity index (χ4v) is 3.24. The SMILES string of the molecule is CC(C)(C)OC(=O)N1CCCCC1CCCOc1nc2ncccc2[nH]1. The Labute approximate surface area is 154 Å². The highest BCUT2D eigenvalue weighted by molar-refractivity contribution is 5.70. The van der Waals surface area contributed by atoms with Crippen LogP contribution in [0.25, 0.3) is 11.2 Å². The van der Waals surface area contributed by atoms with Gasteiger partial charge in [0.05, 0.1) is 12.1 Å². The second kappa shape index (κ2) is 7.93. The third-order valence-corrected chi connectivity index (χ3v) is 4.41. The zero-order valence-corrected chi connectivity index (χ0v) is 15.8. The zero-order valence-electron chi connectivity index (χ0n) is 15.8. The largest absolute Gasteiger partial charge is 0.465 e. The Morgan fingerprint density at radius 1 is 1.38 bits per heavy atom. The number of amides is 1. The molecule has 1 fully saturated rings. The lowest BCUT2D eigenvalue weighted by molar-refractivity contribution is 0.00820. The number of likely N-dealkylation sites (tertiary alicyclic amines) is 1. The third-order valence-electron chi connectivity index (χ3n) is 4.41. The molecule has 2 aromatic heterocycles. The summed E-state index contributed by atoms with van der Waals surface area (Å²) in [5, 5.41) is 0. The van der Waals surface area contributed by atoms with Crippen molar-refractivity contribution in [1.29, 1.82) is 0 Å². The number of aromatic amines is 1. The van der Waals surface area contributed by atoms with Crippen LogP contribution >= 0.6 is 0 Å². The number of ether oxygens (including phenoxy) is 2. The van der Waals surface area contributed by atoms with E-state index in [1.54, 1.807) is 6.20 Å². The van der Waals surface area contributed by atoms with E-state index in [1.165, 1.54) is 0 Å². The number of hydrogen-bond acceptors (Lipinski definition) is 5. The normalized spacial score (nSPS) is 18.1. The molecular weight excluding hydrogens is 332 g/mol. The molecule has 3 heterocycles. The molecule has 3 rings (SSSR count). The highest BCUT2D eigenvalue weighted by atomic mass is 16.6. The first kappa shape index (κ1) is 18.5. The van der Waals surface area contributed by atoms with E-state index >= 15 is 0 Å². The van der Waals surface area contributed by atoms with Crippen molar-refractivity contribution in [1.82, 2.24) is 19.9 Å². The van der Waals surface area contributed by atoms with Gasteiger partial charge in [0.25, 0.3) is 6.01 Å². The van der Waals surface area contributed by atoms with E-state index in [-0.39, 0.29) is 12.1 Å². The Kier molecular flexibility index (Phi) is 5.64. The summed E-state index contributed by atoms with van der Waals surface area (Å²) in [6.45, 7) is 7.04. The second-order valence-electron chi connectivity index (χ2n) is 7.73. The number of H-pyrrole nitrogens is 1. The van der Waals surface area contributed by atoms with Gasteiger partial charge in [0.15, 0.2) is 5.65 Å². The standard InChI is InChI=1S/C19H28N4O3/c1-19(2,3)26-18(24)23-12-5-4-8-14(23)9-7-13-25-17-21-15-10-6-11-20-16(15)22-17/h6,10-11,14H,4-5,7-9,12-13H2,1-3H3,(H,20,21,22). The topological polar surface area (TPSA) is 80.3 Å². The Morgan fingerprint density at radius 2 is 2.23 bits per heavy atom. The highest BCUT2D eigenvalue weighted by Gasteiger charge is 2.30. The van der Waals surface area contributed by atoms with Crippen LogP contribution in [-0.2, 0) is 4.74 Å². The molecule has 1 saturated heterocycles. The van der Waals surface area contributed by atoms with Gasteiger partial charge in [-0.05, 0) is 65.0 Å². The van der Waals surface area contributed by atoms with Gasteiger partial charge in [-0.3, -0.25) is 0 Å². The summed E-state index contributed by atoms with van der Waals surface area (Å²) in [6, 6.07) is 4.49. The molecule has 0 saturated carbocycles. The maximum atomic E-state index is 12.4. The first-order chi connectivity index (χ1) is 12.4. The van der Waals surface area contributed by atoms with Crippen LogP contribution < -0.4 is 4.74 Å². The number of hydrogen-bond donors (Lipinski definition) is 1. The lowest BCUT2D eigenvalue weighted by atomic mass is 9.98. The van der Waals surface area contributed by atoms with Gasteiger partial charge < -0.3 is 19.4 Å². The van der Waals surface area contributed by atoms with Crippen LogP contribution in [-0.4, -0.2) is 50.7 Å². The van der Waals surface area contributed by atoms with Crippen molar-refractivity contribution in [2.75, 3.05) is 13.2 Å². The molecule has 1 aliphatic heterocycles. The maximum Gasteiger partial charge on any atom is 0.410 e. The summed E-state index contributed by atoms with van der Waals surface area (Å²) in [5.41, 5.74) is 1.06. The molecule has 7 nitrogen and oxygen atoms in total. The van der Waals surface area contributed by atoms with Crippen LogP contribution in [0.5, 0.6) is 6.01 Å². The van der Waals surface area contributed by atoms with Crippen LogP contribution in [0.3, 0.4) is 0 Å². The lowest BCUT2D eigenvalue weighted by Crippen LogP contribution is -2.46. The minimum absolute atomic E-state index is 0.202. The molecular formula is C19H28N4O3. The van der Waals surface area contributed by atoms with E-state index in [9.17, 15) is 4.79 Å². The summed E-state index contributed by atoms with van der Waals surface area (Å²) in [7, 11) is 0. The quantitative estimate of drug-likeness (QED) is 0.818. The highest BCUT2D eigenvalue weighted by Crippen LogP contribution is 2.23. The van der Waals surface area contributed by atoms with Gasteiger partial charge in [0.2, 0.25) is 0 Å². The van der Waals surface area contributed by atoms with Gasteiger partial charge in [-0.1, -0.05) is 0 Å². The Morgan fingerprint density at radius 3 is 3.00 bits per heavy atom. The summed E-state index contributed by atoms with van der Waals surface area (Å²) in [4.78, 5) is 25.9. The predicted octanol–water partition coefficient (Wildman–Crippen LogP) is 3.91. The minimum atomic E-state index is -0.461. The fraction of sp³-hybridized carbons (Fsp3) is 0.632. The van der Waals surface area contributed by atoms with Gasteiger partial charge in [-0.15, -0.1) is 0 Å². The molecule has 1 unspecified atom stereocenters. The van der Waals surface area contributed by atoms with E-state index in [4.69, 9.17) is 9.47 Å². The second-order valence-corrected chi connectivity index (χ2v) is 7.73. The van der Waals surface area contributed by atoms with Crippen LogP contribution in [0.2, 0.25) is 0 Å². The van der Waals surface area contributed by atoms with Crippen molar-refractivity contribution in [2.24, 2.45) is 0 Å². The minimum Gasteiger partial charge on any atom is -0.465 e. The Bertz CT molecular complexity index is 705. The average molecular weight is 360 g/mol. The number of carbonyl (C=O) groups is 1. The fourth-order valence-electron chi connectivity index (χ4n) is 3.24. The van der Waals surface area contributed by atoms with Gasteiger partial charge in [0.1, 0.15) is 5.60 Å². The number of fused-ring (bicyclic) bond motifs is 1. The molecule has 2 aromatic rings. The molecule has 142 valence electrons. The van der Waals surface area contributed by atoms with Crippen LogP contribution in [0.15, 0.2) is 18.3 Å². The number of pyridine rings is 1. The first-order valence-corrected chi connectivity index (χ1v) is 9.35. The van der Waals surface area contributed by atoms with Gasteiger partial charge in [0, 0.05) is 18.8 Å². The third kappa shape index (κ3) is 4.86. The van der Waals surface area contributed by atoms with Crippen molar-refractivity contribution in [2.45, 2.75) is 64.5 Å². The Balaban J connectivity index is 1.48. The monoisotopic (exact) mass is 360 g/mol. The molecule has 0 bridgehead atoms. The summed E-state index contributed by atoms with van der Waals surface area (Å²) in [6.07, 6.45) is 6.48. The Hall–Kier alpha value is -2.31. The van der Waals surface area contributed by atoms with Crippen molar-refractivity contribution >= 4 is 17.3 Å². The van der Waals surface area contributed by atoms with Gasteiger partial charge in [-0.2, -0.15) is 4.98 Å². The number of nitrogens with one attached hydrogen (secondary N) is 1. The predicted molar refractivity (Wildman–Crippen MR) is 99.2 cm³/mol. The van der Waals surface area contributed by atoms with Crippen LogP contribution in [0.1, 0.15) is 52.9 Å². The van der Waals surface area contributed by atoms with Crippen molar-refractivity contribution in [3.05, 3.63) is 18.3 Å². The van der Waals surface area contributed by atoms with E-state index in [0.717, 1.165) is 44.2 Å². The van der Waals surface area contributed by atoms with Gasteiger partial charge in [-0.25, -0.2) is 9.78 Å². The van der Waals surface area contributed by atoms with Gasteiger partial charge >= 0.3 is 6.09 Å². The molecule has 0 aliphatic carbocycles. The molecule has 1 aliphatic rings. The van der Waals surface area contributed by atoms with E-state index in [0.29, 0.717) is 18.3 Å². The number of piperidine rings is 1.